The van der Waals surface area contributed by atoms with E-state index in [9.17, 15) is 4.57 Å². The highest BCUT2D eigenvalue weighted by atomic mass is 31.1. The van der Waals surface area contributed by atoms with Gasteiger partial charge in [-0.1, -0.05) is 12.5 Å². The van der Waals surface area contributed by atoms with Gasteiger partial charge in [0.2, 0.25) is 0 Å². The van der Waals surface area contributed by atoms with Crippen molar-refractivity contribution < 1.29 is 14.0 Å². The Morgan fingerprint density at radius 1 is 1.06 bits per heavy atom. The van der Waals surface area contributed by atoms with Crippen LogP contribution in [0.3, 0.4) is 0 Å². The largest absolute Gasteiger partial charge is 0.496 e. The Morgan fingerprint density at radius 2 is 1.71 bits per heavy atom. The highest BCUT2D eigenvalue weighted by Gasteiger charge is 2.08. The van der Waals surface area contributed by atoms with E-state index in [4.69, 9.17) is 9.47 Å². The topological polar surface area (TPSA) is 35.5 Å². The van der Waals surface area contributed by atoms with Crippen LogP contribution < -0.4 is 9.47 Å². The van der Waals surface area contributed by atoms with Crippen LogP contribution in [0.2, 0.25) is 0 Å². The molecule has 0 aromatic heterocycles. The van der Waals surface area contributed by atoms with Crippen LogP contribution in [0, 0.1) is 0 Å². The molecule has 0 unspecified atom stereocenters. The van der Waals surface area contributed by atoms with E-state index in [1.807, 2.05) is 18.2 Å². The van der Waals surface area contributed by atoms with E-state index in [0.29, 0.717) is 0 Å². The molecular formula is C13H19O3P. The third-order valence-electron chi connectivity index (χ3n) is 2.71. The molecule has 0 spiro atoms. The third kappa shape index (κ3) is 4.35. The average molecular weight is 254 g/mol. The average Bonchev–Trinajstić information content (AvgIpc) is 2.38. The Balaban J connectivity index is 2.58. The molecule has 0 amide bonds. The molecule has 0 saturated carbocycles. The normalized spacial score (nSPS) is 10.5. The Morgan fingerprint density at radius 3 is 2.24 bits per heavy atom. The molecular weight excluding hydrogens is 235 g/mol. The number of methoxy groups -OCH3 is 2. The predicted molar refractivity (Wildman–Crippen MR) is 69.6 cm³/mol. The van der Waals surface area contributed by atoms with Crippen LogP contribution in [0.25, 0.3) is 0 Å². The zero-order chi connectivity index (χ0) is 12.5. The van der Waals surface area contributed by atoms with Gasteiger partial charge in [0.25, 0.3) is 0 Å². The van der Waals surface area contributed by atoms with E-state index >= 15 is 0 Å². The van der Waals surface area contributed by atoms with E-state index in [2.05, 4.69) is 0 Å². The van der Waals surface area contributed by atoms with Crippen molar-refractivity contribution in [2.24, 2.45) is 0 Å². The van der Waals surface area contributed by atoms with E-state index in [1.165, 1.54) is 0 Å². The van der Waals surface area contributed by atoms with Gasteiger partial charge in [-0.3, -0.25) is 4.57 Å². The summed E-state index contributed by atoms with van der Waals surface area (Å²) in [6, 6.07) is 5.83. The van der Waals surface area contributed by atoms with Crippen molar-refractivity contribution in [3.05, 3.63) is 23.8 Å². The second-order valence-electron chi connectivity index (χ2n) is 3.80. The minimum absolute atomic E-state index is 0.248. The van der Waals surface area contributed by atoms with Gasteiger partial charge in [-0.15, -0.1) is 0 Å². The molecule has 3 nitrogen and oxygen atoms in total. The first-order valence-corrected chi connectivity index (χ1v) is 6.82. The fourth-order valence-corrected chi connectivity index (χ4v) is 2.18. The quantitative estimate of drug-likeness (QED) is 0.524. The summed E-state index contributed by atoms with van der Waals surface area (Å²) >= 11 is 0. The fraction of sp³-hybridized carbons (Fsp3) is 0.538. The second-order valence-corrected chi connectivity index (χ2v) is 4.51. The van der Waals surface area contributed by atoms with Crippen molar-refractivity contribution in [1.82, 2.24) is 0 Å². The third-order valence-corrected chi connectivity index (χ3v) is 3.20. The second kappa shape index (κ2) is 8.08. The van der Waals surface area contributed by atoms with Crippen LogP contribution in [0.5, 0.6) is 11.5 Å². The number of hydrogen-bond donors (Lipinski definition) is 0. The molecule has 17 heavy (non-hydrogen) atoms. The smallest absolute Gasteiger partial charge is 0.155 e. The highest BCUT2D eigenvalue weighted by molar-refractivity contribution is 7.23. The minimum Gasteiger partial charge on any atom is -0.496 e. The van der Waals surface area contributed by atoms with Crippen molar-refractivity contribution in [1.29, 1.82) is 0 Å². The number of hydrogen-bond acceptors (Lipinski definition) is 3. The zero-order valence-electron chi connectivity index (χ0n) is 10.4. The lowest BCUT2D eigenvalue weighted by atomic mass is 10.1. The van der Waals surface area contributed by atoms with Crippen molar-refractivity contribution >= 4 is 8.46 Å². The first-order chi connectivity index (χ1) is 8.33. The Labute approximate surface area is 104 Å². The van der Waals surface area contributed by atoms with Crippen molar-refractivity contribution in [3.8, 4) is 11.5 Å². The summed E-state index contributed by atoms with van der Waals surface area (Å²) in [7, 11) is 3.60. The van der Waals surface area contributed by atoms with E-state index < -0.39 is 0 Å². The number of benzene rings is 1. The first-order valence-electron chi connectivity index (χ1n) is 5.82. The molecule has 0 fully saturated rings. The van der Waals surface area contributed by atoms with Crippen LogP contribution in [0.1, 0.15) is 24.8 Å². The summed E-state index contributed by atoms with van der Waals surface area (Å²) in [5.74, 6) is 1.76. The maximum absolute atomic E-state index is 10.3. The molecule has 94 valence electrons. The Bertz CT molecular complexity index is 330. The van der Waals surface area contributed by atoms with Crippen LogP contribution in [-0.4, -0.2) is 20.4 Å². The van der Waals surface area contributed by atoms with E-state index in [-0.39, 0.29) is 8.46 Å². The van der Waals surface area contributed by atoms with Gasteiger partial charge >= 0.3 is 0 Å². The van der Waals surface area contributed by atoms with Gasteiger partial charge < -0.3 is 9.47 Å². The Hall–Kier alpha value is -1.08. The number of unbranched alkanes of at least 4 members (excludes halogenated alkanes) is 2. The number of ether oxygens (including phenoxy) is 2. The van der Waals surface area contributed by atoms with Crippen LogP contribution in [0.15, 0.2) is 18.2 Å². The fourth-order valence-electron chi connectivity index (χ4n) is 1.83. The monoisotopic (exact) mass is 254 g/mol. The predicted octanol–water partition coefficient (Wildman–Crippen LogP) is 3.71. The molecule has 1 aromatic carbocycles. The van der Waals surface area contributed by atoms with Gasteiger partial charge in [-0.2, -0.15) is 0 Å². The summed E-state index contributed by atoms with van der Waals surface area (Å²) in [6.07, 6.45) is 4.83. The van der Waals surface area contributed by atoms with E-state index in [0.717, 1.165) is 48.9 Å². The van der Waals surface area contributed by atoms with Crippen molar-refractivity contribution in [2.75, 3.05) is 20.4 Å². The van der Waals surface area contributed by atoms with E-state index in [1.54, 1.807) is 14.2 Å². The molecule has 0 aliphatic carbocycles. The zero-order valence-corrected chi connectivity index (χ0v) is 11.3. The summed E-state index contributed by atoms with van der Waals surface area (Å²) in [5, 5.41) is 0. The summed E-state index contributed by atoms with van der Waals surface area (Å²) in [6.45, 7) is 0. The summed E-state index contributed by atoms with van der Waals surface area (Å²) in [5.41, 5.74) is 1.12. The summed E-state index contributed by atoms with van der Waals surface area (Å²) in [4.78, 5) is 0. The molecule has 1 aromatic rings. The minimum atomic E-state index is 0.248. The van der Waals surface area contributed by atoms with Gasteiger partial charge in [0.15, 0.2) is 8.46 Å². The summed E-state index contributed by atoms with van der Waals surface area (Å²) < 4.78 is 21.0. The standard InChI is InChI=1S/C13H19O3P/c1-15-12-8-6-9-13(16-2)11(12)7-4-3-5-10-17-14/h6,8-9H,3-5,7,10H2,1-2H3. The molecule has 4 heteroatoms. The van der Waals surface area contributed by atoms with Gasteiger partial charge in [0.05, 0.1) is 14.2 Å². The van der Waals surface area contributed by atoms with Gasteiger partial charge in [0, 0.05) is 11.7 Å². The molecule has 0 aliphatic heterocycles. The highest BCUT2D eigenvalue weighted by Crippen LogP contribution is 2.29. The maximum Gasteiger partial charge on any atom is 0.155 e. The van der Waals surface area contributed by atoms with Gasteiger partial charge in [-0.05, 0) is 31.4 Å². The van der Waals surface area contributed by atoms with Crippen LogP contribution in [0.4, 0.5) is 0 Å². The lowest BCUT2D eigenvalue weighted by Crippen LogP contribution is -1.97. The van der Waals surface area contributed by atoms with Gasteiger partial charge in [-0.25, -0.2) is 0 Å². The molecule has 0 N–H and O–H groups in total. The molecule has 0 saturated heterocycles. The molecule has 1 rings (SSSR count). The SMILES string of the molecule is COc1cccc(OC)c1CCCCCP=O. The molecule has 0 aliphatic rings. The Kier molecular flexibility index (Phi) is 6.64. The first kappa shape index (κ1) is 14.0. The lowest BCUT2D eigenvalue weighted by Gasteiger charge is -2.12. The van der Waals surface area contributed by atoms with Crippen molar-refractivity contribution in [2.45, 2.75) is 25.7 Å². The molecule has 0 bridgehead atoms. The van der Waals surface area contributed by atoms with Crippen LogP contribution in [-0.2, 0) is 11.0 Å². The maximum atomic E-state index is 10.3. The lowest BCUT2D eigenvalue weighted by molar-refractivity contribution is 0.384. The van der Waals surface area contributed by atoms with Crippen molar-refractivity contribution in [3.63, 3.8) is 0 Å². The van der Waals surface area contributed by atoms with Crippen LogP contribution >= 0.6 is 8.46 Å². The molecule has 0 heterocycles. The number of rotatable bonds is 8. The van der Waals surface area contributed by atoms with Gasteiger partial charge in [0.1, 0.15) is 11.5 Å². The molecule has 0 atom stereocenters. The molecule has 0 radical (unpaired) electrons.